The Morgan fingerprint density at radius 2 is 1.62 bits per heavy atom. The summed E-state index contributed by atoms with van der Waals surface area (Å²) in [4.78, 5) is 9.71. The summed E-state index contributed by atoms with van der Waals surface area (Å²) in [5.74, 6) is 0.659. The van der Waals surface area contributed by atoms with Crippen molar-refractivity contribution in [3.63, 3.8) is 0 Å². The third-order valence-electron chi connectivity index (χ3n) is 5.34. The van der Waals surface area contributed by atoms with Crippen molar-refractivity contribution in [3.8, 4) is 0 Å². The van der Waals surface area contributed by atoms with Crippen LogP contribution in [0.15, 0.2) is 70.6 Å². The highest BCUT2D eigenvalue weighted by Crippen LogP contribution is 2.29. The number of nitrogens with zero attached hydrogens (tertiary/aromatic N) is 3. The minimum atomic E-state index is -3.64. The SMILES string of the molecule is CC(C)CN1CCN(c2cccc3ccc(S(=O)(=O)c4ccccc4)nc23)CC1. The molecule has 1 aliphatic heterocycles. The van der Waals surface area contributed by atoms with Crippen molar-refractivity contribution in [2.24, 2.45) is 5.92 Å². The lowest BCUT2D eigenvalue weighted by molar-refractivity contribution is 0.231. The molecule has 0 spiro atoms. The van der Waals surface area contributed by atoms with Crippen molar-refractivity contribution in [1.82, 2.24) is 9.88 Å². The quantitative estimate of drug-likeness (QED) is 0.641. The number of benzene rings is 2. The maximum absolute atomic E-state index is 13.0. The van der Waals surface area contributed by atoms with Gasteiger partial charge in [0.05, 0.1) is 16.1 Å². The molecule has 6 heteroatoms. The minimum Gasteiger partial charge on any atom is -0.367 e. The van der Waals surface area contributed by atoms with Gasteiger partial charge in [0.2, 0.25) is 9.84 Å². The maximum atomic E-state index is 13.0. The molecule has 1 fully saturated rings. The van der Waals surface area contributed by atoms with Gasteiger partial charge in [-0.1, -0.05) is 44.2 Å². The number of sulfone groups is 1. The summed E-state index contributed by atoms with van der Waals surface area (Å²) in [5, 5.41) is 1.06. The van der Waals surface area contributed by atoms with Gasteiger partial charge in [0.15, 0.2) is 5.03 Å². The number of fused-ring (bicyclic) bond motifs is 1. The van der Waals surface area contributed by atoms with Crippen LogP contribution in [-0.4, -0.2) is 51.0 Å². The number of para-hydroxylation sites is 1. The number of pyridine rings is 1. The monoisotopic (exact) mass is 409 g/mol. The summed E-state index contributed by atoms with van der Waals surface area (Å²) < 4.78 is 26.1. The Morgan fingerprint density at radius 3 is 2.31 bits per heavy atom. The molecule has 3 aromatic rings. The summed E-state index contributed by atoms with van der Waals surface area (Å²) in [7, 11) is -3.64. The summed E-state index contributed by atoms with van der Waals surface area (Å²) >= 11 is 0. The van der Waals surface area contributed by atoms with Gasteiger partial charge in [-0.2, -0.15) is 0 Å². The van der Waals surface area contributed by atoms with E-state index < -0.39 is 9.84 Å². The van der Waals surface area contributed by atoms with Gasteiger partial charge in [0.25, 0.3) is 0 Å². The van der Waals surface area contributed by atoms with E-state index in [0.29, 0.717) is 5.92 Å². The van der Waals surface area contributed by atoms with Gasteiger partial charge in [-0.25, -0.2) is 13.4 Å². The Hall–Kier alpha value is -2.44. The Morgan fingerprint density at radius 1 is 0.897 bits per heavy atom. The van der Waals surface area contributed by atoms with Gasteiger partial charge in [-0.05, 0) is 36.2 Å². The molecule has 1 saturated heterocycles. The van der Waals surface area contributed by atoms with E-state index >= 15 is 0 Å². The molecular formula is C23H27N3O2S. The Kier molecular flexibility index (Phi) is 5.56. The molecule has 4 rings (SSSR count). The Labute approximate surface area is 172 Å². The molecule has 1 aromatic heterocycles. The standard InChI is InChI=1S/C23H27N3O2S/c1-18(2)17-25-13-15-26(16-14-25)21-10-6-7-19-11-12-22(24-23(19)21)29(27,28)20-8-4-3-5-9-20/h3-12,18H,13-17H2,1-2H3. The zero-order valence-corrected chi connectivity index (χ0v) is 17.8. The van der Waals surface area contributed by atoms with Crippen molar-refractivity contribution in [2.75, 3.05) is 37.6 Å². The lowest BCUT2D eigenvalue weighted by Gasteiger charge is -2.37. The van der Waals surface area contributed by atoms with Crippen LogP contribution in [0, 0.1) is 5.92 Å². The molecule has 0 unspecified atom stereocenters. The zero-order chi connectivity index (χ0) is 20.4. The second kappa shape index (κ2) is 8.13. The highest BCUT2D eigenvalue weighted by Gasteiger charge is 2.22. The van der Waals surface area contributed by atoms with E-state index in [0.717, 1.165) is 49.3 Å². The number of hydrogen-bond donors (Lipinski definition) is 0. The first-order chi connectivity index (χ1) is 13.9. The zero-order valence-electron chi connectivity index (χ0n) is 17.0. The molecule has 1 aliphatic rings. The van der Waals surface area contributed by atoms with Crippen molar-refractivity contribution in [2.45, 2.75) is 23.8 Å². The third-order valence-corrected chi connectivity index (χ3v) is 7.01. The fourth-order valence-electron chi connectivity index (χ4n) is 3.93. The van der Waals surface area contributed by atoms with Crippen LogP contribution in [-0.2, 0) is 9.84 Å². The fourth-order valence-corrected chi connectivity index (χ4v) is 5.14. The molecule has 0 radical (unpaired) electrons. The highest BCUT2D eigenvalue weighted by atomic mass is 32.2. The predicted octanol–water partition coefficient (Wildman–Crippen LogP) is 3.85. The van der Waals surface area contributed by atoms with E-state index in [4.69, 9.17) is 0 Å². The van der Waals surface area contributed by atoms with Crippen LogP contribution in [0.4, 0.5) is 5.69 Å². The molecule has 0 atom stereocenters. The van der Waals surface area contributed by atoms with E-state index in [1.807, 2.05) is 30.3 Å². The smallest absolute Gasteiger partial charge is 0.223 e. The predicted molar refractivity (Wildman–Crippen MR) is 117 cm³/mol. The molecule has 2 heterocycles. The fraction of sp³-hybridized carbons (Fsp3) is 0.348. The minimum absolute atomic E-state index is 0.0992. The second-order valence-electron chi connectivity index (χ2n) is 8.00. The average Bonchev–Trinajstić information content (AvgIpc) is 2.74. The van der Waals surface area contributed by atoms with Crippen molar-refractivity contribution in [3.05, 3.63) is 60.7 Å². The number of aromatic nitrogens is 1. The molecule has 0 amide bonds. The van der Waals surface area contributed by atoms with E-state index in [9.17, 15) is 8.42 Å². The third kappa shape index (κ3) is 4.14. The molecule has 29 heavy (non-hydrogen) atoms. The van der Waals surface area contributed by atoms with Gasteiger partial charge in [-0.15, -0.1) is 0 Å². The molecule has 152 valence electrons. The topological polar surface area (TPSA) is 53.5 Å². The van der Waals surface area contributed by atoms with E-state index in [1.54, 1.807) is 30.3 Å². The molecular weight excluding hydrogens is 382 g/mol. The maximum Gasteiger partial charge on any atom is 0.223 e. The number of hydrogen-bond acceptors (Lipinski definition) is 5. The van der Waals surface area contributed by atoms with Crippen LogP contribution in [0.25, 0.3) is 10.9 Å². The van der Waals surface area contributed by atoms with E-state index in [1.165, 1.54) is 0 Å². The van der Waals surface area contributed by atoms with E-state index in [-0.39, 0.29) is 9.92 Å². The first-order valence-electron chi connectivity index (χ1n) is 10.1. The second-order valence-corrected chi connectivity index (χ2v) is 9.89. The van der Waals surface area contributed by atoms with Crippen LogP contribution >= 0.6 is 0 Å². The van der Waals surface area contributed by atoms with Crippen molar-refractivity contribution >= 4 is 26.4 Å². The Balaban J connectivity index is 1.67. The first-order valence-corrected chi connectivity index (χ1v) is 11.6. The lowest BCUT2D eigenvalue weighted by Crippen LogP contribution is -2.47. The van der Waals surface area contributed by atoms with Crippen molar-refractivity contribution < 1.29 is 8.42 Å². The summed E-state index contributed by atoms with van der Waals surface area (Å²) in [6.07, 6.45) is 0. The lowest BCUT2D eigenvalue weighted by atomic mass is 10.1. The summed E-state index contributed by atoms with van der Waals surface area (Å²) in [6, 6.07) is 18.0. The molecule has 2 aromatic carbocycles. The van der Waals surface area contributed by atoms with Crippen LogP contribution in [0.1, 0.15) is 13.8 Å². The van der Waals surface area contributed by atoms with Crippen LogP contribution < -0.4 is 4.90 Å². The summed E-state index contributed by atoms with van der Waals surface area (Å²) in [5.41, 5.74) is 1.76. The molecule has 0 aliphatic carbocycles. The number of anilines is 1. The van der Waals surface area contributed by atoms with Gasteiger partial charge < -0.3 is 4.90 Å². The van der Waals surface area contributed by atoms with Gasteiger partial charge >= 0.3 is 0 Å². The molecule has 0 bridgehead atoms. The molecule has 0 N–H and O–H groups in total. The van der Waals surface area contributed by atoms with Crippen LogP contribution in [0.3, 0.4) is 0 Å². The van der Waals surface area contributed by atoms with E-state index in [2.05, 4.69) is 28.6 Å². The van der Waals surface area contributed by atoms with Crippen molar-refractivity contribution in [1.29, 1.82) is 0 Å². The van der Waals surface area contributed by atoms with Crippen LogP contribution in [0.5, 0.6) is 0 Å². The average molecular weight is 410 g/mol. The molecule has 5 nitrogen and oxygen atoms in total. The van der Waals surface area contributed by atoms with Gasteiger partial charge in [-0.3, -0.25) is 4.90 Å². The summed E-state index contributed by atoms with van der Waals surface area (Å²) in [6.45, 7) is 9.46. The molecule has 0 saturated carbocycles. The van der Waals surface area contributed by atoms with Gasteiger partial charge in [0.1, 0.15) is 0 Å². The largest absolute Gasteiger partial charge is 0.367 e. The normalized spacial score (nSPS) is 15.9. The Bertz CT molecular complexity index is 1090. The first kappa shape index (κ1) is 19.9. The van der Waals surface area contributed by atoms with Crippen LogP contribution in [0.2, 0.25) is 0 Å². The van der Waals surface area contributed by atoms with Gasteiger partial charge in [0, 0.05) is 38.1 Å². The highest BCUT2D eigenvalue weighted by molar-refractivity contribution is 7.91. The number of piperazine rings is 1. The number of rotatable bonds is 5.